The second-order valence-corrected chi connectivity index (χ2v) is 0.447. The molecule has 0 radical (unpaired) electrons. The first-order valence-electron chi connectivity index (χ1n) is 1.13. The molecule has 0 aromatic carbocycles. The van der Waals surface area contributed by atoms with Crippen molar-refractivity contribution in [3.8, 4) is 0 Å². The zero-order chi connectivity index (χ0) is 3.41. The van der Waals surface area contributed by atoms with E-state index in [2.05, 4.69) is 0 Å². The summed E-state index contributed by atoms with van der Waals surface area (Å²) < 4.78 is 0. The van der Waals surface area contributed by atoms with E-state index in [9.17, 15) is 0 Å². The molecular formula is C2H8O2Po. The summed E-state index contributed by atoms with van der Waals surface area (Å²) in [5.41, 5.74) is 0. The van der Waals surface area contributed by atoms with Crippen LogP contribution < -0.4 is 0 Å². The van der Waals surface area contributed by atoms with Crippen molar-refractivity contribution in [2.75, 3.05) is 13.2 Å². The van der Waals surface area contributed by atoms with Crippen molar-refractivity contribution in [2.45, 2.75) is 0 Å². The summed E-state index contributed by atoms with van der Waals surface area (Å²) in [5, 5.41) is 15.2. The van der Waals surface area contributed by atoms with Crippen LogP contribution in [0, 0.1) is 0 Å². The summed E-state index contributed by atoms with van der Waals surface area (Å²) in [7, 11) is 0. The predicted molar refractivity (Wildman–Crippen MR) is 22.7 cm³/mol. The van der Waals surface area contributed by atoms with Crippen molar-refractivity contribution in [3.05, 3.63) is 0 Å². The quantitative estimate of drug-likeness (QED) is 0.583. The zero-order valence-corrected chi connectivity index (χ0v) is 6.70. The van der Waals surface area contributed by atoms with Crippen molar-refractivity contribution >= 4 is 26.6 Å². The van der Waals surface area contributed by atoms with Gasteiger partial charge < -0.3 is 10.2 Å². The molecule has 0 unspecified atom stereocenters. The first kappa shape index (κ1) is 9.26. The average Bonchev–Trinajstić information content (AvgIpc) is 1.37. The third-order valence-electron chi connectivity index (χ3n) is 0.1000. The molecule has 0 aliphatic carbocycles. The van der Waals surface area contributed by atoms with E-state index >= 15 is 0 Å². The zero-order valence-electron chi connectivity index (χ0n) is 2.81. The Morgan fingerprint density at radius 2 is 1.20 bits per heavy atom. The third-order valence-corrected chi connectivity index (χ3v) is 0.1000. The normalized spacial score (nSPS) is 6.00. The first-order chi connectivity index (χ1) is 1.91. The number of aliphatic hydroxyl groups excluding tert-OH is 2. The van der Waals surface area contributed by atoms with Crippen LogP contribution in [0.2, 0.25) is 0 Å². The van der Waals surface area contributed by atoms with E-state index < -0.39 is 0 Å². The van der Waals surface area contributed by atoms with E-state index in [-0.39, 0.29) is 39.8 Å². The van der Waals surface area contributed by atoms with E-state index in [0.717, 1.165) is 0 Å². The summed E-state index contributed by atoms with van der Waals surface area (Å²) in [4.78, 5) is 0. The van der Waals surface area contributed by atoms with Gasteiger partial charge in [-0.15, -0.1) is 0 Å². The van der Waals surface area contributed by atoms with Gasteiger partial charge in [0.05, 0.1) is 13.2 Å². The second kappa shape index (κ2) is 8.84. The van der Waals surface area contributed by atoms with Crippen molar-refractivity contribution in [2.24, 2.45) is 0 Å². The number of hydrogen-bond donors (Lipinski definition) is 2. The van der Waals surface area contributed by atoms with Crippen molar-refractivity contribution < 1.29 is 10.2 Å². The molecule has 0 spiro atoms. The average molecular weight is 273 g/mol. The van der Waals surface area contributed by atoms with Gasteiger partial charge in [0.2, 0.25) is 0 Å². The molecule has 0 saturated heterocycles. The van der Waals surface area contributed by atoms with Gasteiger partial charge >= 0.3 is 26.6 Å². The molecule has 0 aliphatic heterocycles. The number of rotatable bonds is 1. The topological polar surface area (TPSA) is 40.5 Å². The molecule has 0 rings (SSSR count). The van der Waals surface area contributed by atoms with Crippen LogP contribution in [0.15, 0.2) is 0 Å². The Kier molecular flexibility index (Phi) is 16.4. The molecule has 0 atom stereocenters. The number of aliphatic hydroxyl groups is 2. The number of hydrogen-bond acceptors (Lipinski definition) is 2. The van der Waals surface area contributed by atoms with Crippen molar-refractivity contribution in [3.63, 3.8) is 0 Å². The Balaban J connectivity index is 0. The Hall–Kier alpha value is 0.816. The molecule has 0 saturated carbocycles. The molecule has 2 nitrogen and oxygen atoms in total. The molecule has 5 heavy (non-hydrogen) atoms. The van der Waals surface area contributed by atoms with Gasteiger partial charge in [-0.25, -0.2) is 0 Å². The molecule has 2 N–H and O–H groups in total. The maximum absolute atomic E-state index is 7.62. The van der Waals surface area contributed by atoms with Gasteiger partial charge in [0.25, 0.3) is 0 Å². The van der Waals surface area contributed by atoms with Crippen LogP contribution in [-0.4, -0.2) is 50.0 Å². The molecule has 0 amide bonds. The first-order valence-corrected chi connectivity index (χ1v) is 1.13. The fourth-order valence-corrected chi connectivity index (χ4v) is 0. The van der Waals surface area contributed by atoms with Gasteiger partial charge in [-0.2, -0.15) is 0 Å². The van der Waals surface area contributed by atoms with Crippen LogP contribution in [0.3, 0.4) is 0 Å². The minimum atomic E-state index is -0.125. The minimum absolute atomic E-state index is 0. The molecule has 0 aromatic heterocycles. The van der Waals surface area contributed by atoms with E-state index in [4.69, 9.17) is 10.2 Å². The Bertz CT molecular complexity index is 9.61. The van der Waals surface area contributed by atoms with E-state index in [1.165, 1.54) is 0 Å². The van der Waals surface area contributed by atoms with Crippen LogP contribution in [-0.2, 0) is 0 Å². The van der Waals surface area contributed by atoms with Crippen LogP contribution in [0.5, 0.6) is 0 Å². The molecule has 0 heterocycles. The summed E-state index contributed by atoms with van der Waals surface area (Å²) in [6, 6.07) is 0. The SMILES string of the molecule is OCCO.[PoH2]. The molecule has 0 bridgehead atoms. The van der Waals surface area contributed by atoms with Gasteiger partial charge in [0.15, 0.2) is 0 Å². The van der Waals surface area contributed by atoms with Crippen molar-refractivity contribution in [1.82, 2.24) is 0 Å². The fourth-order valence-electron chi connectivity index (χ4n) is 0. The third kappa shape index (κ3) is 11.6. The molecular weight excluding hydrogens is 265 g/mol. The molecule has 0 aromatic rings. The van der Waals surface area contributed by atoms with Crippen LogP contribution in [0.4, 0.5) is 0 Å². The summed E-state index contributed by atoms with van der Waals surface area (Å²) in [6.07, 6.45) is 0. The monoisotopic (exact) mass is 273 g/mol. The van der Waals surface area contributed by atoms with Crippen LogP contribution in [0.1, 0.15) is 0 Å². The Morgan fingerprint density at radius 3 is 1.20 bits per heavy atom. The van der Waals surface area contributed by atoms with Crippen molar-refractivity contribution in [1.29, 1.82) is 0 Å². The van der Waals surface area contributed by atoms with Gasteiger partial charge in [-0.1, -0.05) is 0 Å². The van der Waals surface area contributed by atoms with Crippen LogP contribution in [0.25, 0.3) is 0 Å². The summed E-state index contributed by atoms with van der Waals surface area (Å²) in [5.74, 6) is 0. The Morgan fingerprint density at radius 1 is 1.00 bits per heavy atom. The van der Waals surface area contributed by atoms with Gasteiger partial charge in [-0.05, 0) is 0 Å². The standard InChI is InChI=1S/C2H6O2.Po.2H/c3-1-2-4;;;/h3-4H,1-2H2;;;. The molecule has 3 heteroatoms. The van der Waals surface area contributed by atoms with E-state index in [1.807, 2.05) is 0 Å². The van der Waals surface area contributed by atoms with Gasteiger partial charge in [-0.3, -0.25) is 0 Å². The molecule has 0 fully saturated rings. The predicted octanol–water partition coefficient (Wildman–Crippen LogP) is -1.95. The Labute approximate surface area is 50.3 Å². The van der Waals surface area contributed by atoms with Gasteiger partial charge in [0.1, 0.15) is 0 Å². The summed E-state index contributed by atoms with van der Waals surface area (Å²) in [6.45, 7) is -0.250. The van der Waals surface area contributed by atoms with Crippen LogP contribution >= 0.6 is 0 Å². The molecule has 34 valence electrons. The van der Waals surface area contributed by atoms with E-state index in [1.54, 1.807) is 0 Å². The second-order valence-electron chi connectivity index (χ2n) is 0.447. The van der Waals surface area contributed by atoms with E-state index in [0.29, 0.717) is 0 Å². The fraction of sp³-hybridized carbons (Fsp3) is 1.00. The summed E-state index contributed by atoms with van der Waals surface area (Å²) >= 11 is 0. The van der Waals surface area contributed by atoms with Gasteiger partial charge in [0, 0.05) is 0 Å². The maximum atomic E-state index is 7.62. The molecule has 0 aliphatic rings.